The van der Waals surface area contributed by atoms with Gasteiger partial charge < -0.3 is 9.73 Å². The highest BCUT2D eigenvalue weighted by molar-refractivity contribution is 6.30. The molecular weight excluding hydrogens is 258 g/mol. The zero-order valence-corrected chi connectivity index (χ0v) is 11.8. The average Bonchev–Trinajstić information content (AvgIpc) is 3.15. The number of halogens is 1. The number of aryl methyl sites for hydroxylation is 1. The summed E-state index contributed by atoms with van der Waals surface area (Å²) in [5.41, 5.74) is 1.31. The lowest BCUT2D eigenvalue weighted by molar-refractivity contribution is 0.416. The van der Waals surface area contributed by atoms with Crippen molar-refractivity contribution in [2.75, 3.05) is 0 Å². The van der Waals surface area contributed by atoms with Gasteiger partial charge in [0, 0.05) is 11.1 Å². The Balaban J connectivity index is 1.69. The molecule has 3 rings (SSSR count). The number of nitrogens with one attached hydrogen (secondary N) is 1. The summed E-state index contributed by atoms with van der Waals surface area (Å²) in [5, 5.41) is 4.40. The van der Waals surface area contributed by atoms with Crippen LogP contribution in [0.4, 0.5) is 0 Å². The molecule has 1 heterocycles. The van der Waals surface area contributed by atoms with Crippen molar-refractivity contribution >= 4 is 11.6 Å². The Kier molecular flexibility index (Phi) is 3.63. The SMILES string of the molecule is Cc1ccc(CNC(c2ccc(Cl)cc2)C2CC2)o1. The fraction of sp³-hybridized carbons (Fsp3) is 0.375. The highest BCUT2D eigenvalue weighted by Gasteiger charge is 2.32. The quantitative estimate of drug-likeness (QED) is 0.870. The second-order valence-corrected chi connectivity index (χ2v) is 5.70. The molecule has 0 aliphatic heterocycles. The van der Waals surface area contributed by atoms with E-state index in [4.69, 9.17) is 16.0 Å². The minimum Gasteiger partial charge on any atom is -0.465 e. The molecule has 0 spiro atoms. The van der Waals surface area contributed by atoms with Gasteiger partial charge in [0.15, 0.2) is 0 Å². The average molecular weight is 276 g/mol. The number of hydrogen-bond acceptors (Lipinski definition) is 2. The van der Waals surface area contributed by atoms with Gasteiger partial charge in [0.2, 0.25) is 0 Å². The van der Waals surface area contributed by atoms with Gasteiger partial charge in [0.25, 0.3) is 0 Å². The van der Waals surface area contributed by atoms with Crippen LogP contribution in [0.3, 0.4) is 0 Å². The lowest BCUT2D eigenvalue weighted by atomic mass is 10.0. The Morgan fingerprint density at radius 1 is 1.21 bits per heavy atom. The van der Waals surface area contributed by atoms with Gasteiger partial charge in [-0.1, -0.05) is 23.7 Å². The molecule has 1 aromatic heterocycles. The smallest absolute Gasteiger partial charge is 0.117 e. The minimum absolute atomic E-state index is 0.405. The van der Waals surface area contributed by atoms with E-state index in [-0.39, 0.29) is 0 Å². The van der Waals surface area contributed by atoms with Crippen LogP contribution in [0.1, 0.15) is 36.0 Å². The standard InChI is InChI=1S/C16H18ClNO/c1-11-2-9-15(19-11)10-18-16(12-3-4-12)13-5-7-14(17)8-6-13/h2,5-9,12,16,18H,3-4,10H2,1H3. The summed E-state index contributed by atoms with van der Waals surface area (Å²) in [6.45, 7) is 2.75. The van der Waals surface area contributed by atoms with Gasteiger partial charge >= 0.3 is 0 Å². The largest absolute Gasteiger partial charge is 0.465 e. The van der Waals surface area contributed by atoms with E-state index in [1.807, 2.05) is 31.2 Å². The zero-order valence-electron chi connectivity index (χ0n) is 11.0. The highest BCUT2D eigenvalue weighted by Crippen LogP contribution is 2.41. The molecule has 100 valence electrons. The molecule has 1 N–H and O–H groups in total. The van der Waals surface area contributed by atoms with Crippen molar-refractivity contribution in [3.05, 3.63) is 58.5 Å². The van der Waals surface area contributed by atoms with E-state index in [1.54, 1.807) is 0 Å². The van der Waals surface area contributed by atoms with Crippen LogP contribution in [-0.2, 0) is 6.54 Å². The van der Waals surface area contributed by atoms with Crippen LogP contribution < -0.4 is 5.32 Å². The fourth-order valence-electron chi connectivity index (χ4n) is 2.45. The number of furan rings is 1. The predicted octanol–water partition coefficient (Wildman–Crippen LogP) is 4.48. The Morgan fingerprint density at radius 3 is 2.53 bits per heavy atom. The Labute approximate surface area is 118 Å². The lowest BCUT2D eigenvalue weighted by Gasteiger charge is -2.18. The summed E-state index contributed by atoms with van der Waals surface area (Å²) in [4.78, 5) is 0. The molecule has 0 radical (unpaired) electrons. The molecular formula is C16H18ClNO. The predicted molar refractivity (Wildman–Crippen MR) is 77.2 cm³/mol. The second kappa shape index (κ2) is 5.40. The first-order chi connectivity index (χ1) is 9.22. The van der Waals surface area contributed by atoms with E-state index in [9.17, 15) is 0 Å². The van der Waals surface area contributed by atoms with E-state index in [2.05, 4.69) is 17.4 Å². The molecule has 1 aliphatic rings. The van der Waals surface area contributed by atoms with E-state index in [1.165, 1.54) is 18.4 Å². The number of hydrogen-bond donors (Lipinski definition) is 1. The first-order valence-corrected chi connectivity index (χ1v) is 7.14. The summed E-state index contributed by atoms with van der Waals surface area (Å²) < 4.78 is 5.61. The summed E-state index contributed by atoms with van der Waals surface area (Å²) >= 11 is 5.95. The minimum atomic E-state index is 0.405. The van der Waals surface area contributed by atoms with Crippen molar-refractivity contribution in [3.8, 4) is 0 Å². The van der Waals surface area contributed by atoms with Crippen LogP contribution in [0, 0.1) is 12.8 Å². The zero-order chi connectivity index (χ0) is 13.2. The molecule has 19 heavy (non-hydrogen) atoms. The molecule has 0 saturated heterocycles. The molecule has 0 amide bonds. The third kappa shape index (κ3) is 3.20. The molecule has 1 aromatic carbocycles. The van der Waals surface area contributed by atoms with Gasteiger partial charge in [-0.15, -0.1) is 0 Å². The van der Waals surface area contributed by atoms with Crippen LogP contribution in [0.25, 0.3) is 0 Å². The molecule has 3 heteroatoms. The molecule has 1 fully saturated rings. The molecule has 1 aliphatic carbocycles. The summed E-state index contributed by atoms with van der Waals surface area (Å²) in [6.07, 6.45) is 2.61. The summed E-state index contributed by atoms with van der Waals surface area (Å²) in [5.74, 6) is 2.71. The third-order valence-corrected chi connectivity index (χ3v) is 3.87. The third-order valence-electron chi connectivity index (χ3n) is 3.61. The molecule has 0 bridgehead atoms. The molecule has 2 nitrogen and oxygen atoms in total. The van der Waals surface area contributed by atoms with Gasteiger partial charge in [-0.05, 0) is 55.5 Å². The van der Waals surface area contributed by atoms with E-state index in [0.29, 0.717) is 6.04 Å². The molecule has 1 atom stereocenters. The van der Waals surface area contributed by atoms with Crippen molar-refractivity contribution in [1.82, 2.24) is 5.32 Å². The van der Waals surface area contributed by atoms with E-state index < -0.39 is 0 Å². The van der Waals surface area contributed by atoms with Crippen LogP contribution >= 0.6 is 11.6 Å². The fourth-order valence-corrected chi connectivity index (χ4v) is 2.57. The normalized spacial score (nSPS) is 16.5. The van der Waals surface area contributed by atoms with Crippen LogP contribution in [0.5, 0.6) is 0 Å². The van der Waals surface area contributed by atoms with Crippen LogP contribution in [0.2, 0.25) is 5.02 Å². The maximum atomic E-state index is 5.95. The molecule has 2 aromatic rings. The summed E-state index contributed by atoms with van der Waals surface area (Å²) in [7, 11) is 0. The Hall–Kier alpha value is -1.25. The second-order valence-electron chi connectivity index (χ2n) is 5.26. The van der Waals surface area contributed by atoms with Crippen molar-refractivity contribution in [3.63, 3.8) is 0 Å². The van der Waals surface area contributed by atoms with Crippen molar-refractivity contribution < 1.29 is 4.42 Å². The van der Waals surface area contributed by atoms with Gasteiger partial charge in [-0.25, -0.2) is 0 Å². The number of rotatable bonds is 5. The summed E-state index contributed by atoms with van der Waals surface area (Å²) in [6, 6.07) is 12.6. The van der Waals surface area contributed by atoms with Gasteiger partial charge in [-0.2, -0.15) is 0 Å². The van der Waals surface area contributed by atoms with Crippen LogP contribution in [-0.4, -0.2) is 0 Å². The Morgan fingerprint density at radius 2 is 1.95 bits per heavy atom. The van der Waals surface area contributed by atoms with Gasteiger partial charge in [0.1, 0.15) is 11.5 Å². The van der Waals surface area contributed by atoms with Crippen molar-refractivity contribution in [2.45, 2.75) is 32.4 Å². The lowest BCUT2D eigenvalue weighted by Crippen LogP contribution is -2.22. The molecule has 1 unspecified atom stereocenters. The topological polar surface area (TPSA) is 25.2 Å². The Bertz CT molecular complexity index is 542. The van der Waals surface area contributed by atoms with Gasteiger partial charge in [-0.3, -0.25) is 0 Å². The monoisotopic (exact) mass is 275 g/mol. The number of benzene rings is 1. The first-order valence-electron chi connectivity index (χ1n) is 6.76. The molecule has 1 saturated carbocycles. The van der Waals surface area contributed by atoms with E-state index in [0.717, 1.165) is 29.0 Å². The first kappa shape index (κ1) is 12.8. The maximum Gasteiger partial charge on any atom is 0.117 e. The van der Waals surface area contributed by atoms with Crippen molar-refractivity contribution in [2.24, 2.45) is 5.92 Å². The maximum absolute atomic E-state index is 5.95. The highest BCUT2D eigenvalue weighted by atomic mass is 35.5. The van der Waals surface area contributed by atoms with Crippen molar-refractivity contribution in [1.29, 1.82) is 0 Å². The van der Waals surface area contributed by atoms with E-state index >= 15 is 0 Å². The van der Waals surface area contributed by atoms with Gasteiger partial charge in [0.05, 0.1) is 6.54 Å². The van der Waals surface area contributed by atoms with Crippen LogP contribution in [0.15, 0.2) is 40.8 Å².